The molecule has 3 unspecified atom stereocenters. The van der Waals surface area contributed by atoms with Crippen LogP contribution >= 0.6 is 0 Å². The zero-order chi connectivity index (χ0) is 24.2. The third kappa shape index (κ3) is 6.18. The van der Waals surface area contributed by atoms with E-state index in [1.807, 2.05) is 30.3 Å². The van der Waals surface area contributed by atoms with Crippen molar-refractivity contribution in [2.24, 2.45) is 0 Å². The van der Waals surface area contributed by atoms with Crippen LogP contribution in [-0.2, 0) is 6.54 Å². The summed E-state index contributed by atoms with van der Waals surface area (Å²) in [5.74, 6) is 0.412. The number of rotatable bonds is 7. The third-order valence-corrected chi connectivity index (χ3v) is 6.00. The predicted molar refractivity (Wildman–Crippen MR) is 113 cm³/mol. The van der Waals surface area contributed by atoms with Crippen molar-refractivity contribution in [2.75, 3.05) is 33.8 Å². The number of methoxy groups -OCH3 is 1. The summed E-state index contributed by atoms with van der Waals surface area (Å²) in [5, 5.41) is 3.19. The van der Waals surface area contributed by atoms with Gasteiger partial charge < -0.3 is 10.1 Å². The molecule has 1 heterocycles. The van der Waals surface area contributed by atoms with Gasteiger partial charge in [0, 0.05) is 31.7 Å². The van der Waals surface area contributed by atoms with Crippen molar-refractivity contribution < 1.29 is 31.1 Å². The lowest BCUT2D eigenvalue weighted by molar-refractivity contribution is -0.251. The molecular formula is C23H27F6N3O. The summed E-state index contributed by atoms with van der Waals surface area (Å²) in [6.07, 6.45) is -9.61. The number of nitrogens with zero attached hydrogens (tertiary/aromatic N) is 2. The number of likely N-dealkylation sites (N-methyl/N-ethyl adjacent to an activating group) is 1. The van der Waals surface area contributed by atoms with E-state index in [9.17, 15) is 26.3 Å². The van der Waals surface area contributed by atoms with Crippen molar-refractivity contribution in [3.63, 3.8) is 0 Å². The molecule has 33 heavy (non-hydrogen) atoms. The van der Waals surface area contributed by atoms with Gasteiger partial charge in [-0.3, -0.25) is 9.80 Å². The van der Waals surface area contributed by atoms with Gasteiger partial charge in [-0.2, -0.15) is 26.3 Å². The molecule has 1 aliphatic rings. The summed E-state index contributed by atoms with van der Waals surface area (Å²) in [6, 6.07) is 10.8. The highest BCUT2D eigenvalue weighted by Crippen LogP contribution is 2.39. The predicted octanol–water partition coefficient (Wildman–Crippen LogP) is 4.64. The fourth-order valence-corrected chi connectivity index (χ4v) is 4.24. The first-order valence-corrected chi connectivity index (χ1v) is 10.5. The Hall–Kier alpha value is -2.30. The van der Waals surface area contributed by atoms with Gasteiger partial charge in [0.05, 0.1) is 13.2 Å². The second-order valence-corrected chi connectivity index (χ2v) is 8.11. The van der Waals surface area contributed by atoms with Crippen molar-refractivity contribution >= 4 is 0 Å². The molecule has 0 aliphatic carbocycles. The monoisotopic (exact) mass is 475 g/mol. The first-order valence-electron chi connectivity index (χ1n) is 10.5. The van der Waals surface area contributed by atoms with Crippen LogP contribution in [0.4, 0.5) is 26.3 Å². The minimum absolute atomic E-state index is 0.147. The Labute approximate surface area is 189 Å². The van der Waals surface area contributed by atoms with Crippen LogP contribution in [-0.4, -0.2) is 68.0 Å². The molecule has 3 rings (SSSR count). The van der Waals surface area contributed by atoms with E-state index in [1.165, 1.54) is 12.0 Å². The molecule has 0 saturated carbocycles. The van der Waals surface area contributed by atoms with Gasteiger partial charge in [-0.15, -0.1) is 0 Å². The van der Waals surface area contributed by atoms with Crippen LogP contribution in [0.25, 0.3) is 0 Å². The standard InChI is InChI=1S/C23H27F6N3O/c1-31-20(22(24,25)26)14-32(15-21(31)23(27,28)29)18(17-10-6-7-11-19(17)33-2)13-30-12-16-8-4-3-5-9-16/h3-11,18,20-21,30H,12-15H2,1-2H3. The second-order valence-electron chi connectivity index (χ2n) is 8.11. The number of halogens is 6. The van der Waals surface area contributed by atoms with E-state index in [1.54, 1.807) is 24.3 Å². The van der Waals surface area contributed by atoms with Crippen molar-refractivity contribution in [1.82, 2.24) is 15.1 Å². The molecule has 0 radical (unpaired) electrons. The molecule has 1 fully saturated rings. The SMILES string of the molecule is COc1ccccc1C(CNCc1ccccc1)N1CC(C(F)(F)F)N(C)C(C(F)(F)F)C1. The lowest BCUT2D eigenvalue weighted by atomic mass is 9.98. The zero-order valence-electron chi connectivity index (χ0n) is 18.3. The number of ether oxygens (including phenoxy) is 1. The molecule has 1 saturated heterocycles. The van der Waals surface area contributed by atoms with Crippen LogP contribution in [0.5, 0.6) is 5.75 Å². The molecule has 4 nitrogen and oxygen atoms in total. The summed E-state index contributed by atoms with van der Waals surface area (Å²) >= 11 is 0. The summed E-state index contributed by atoms with van der Waals surface area (Å²) in [5.41, 5.74) is 1.49. The van der Waals surface area contributed by atoms with Crippen LogP contribution < -0.4 is 10.1 Å². The molecule has 10 heteroatoms. The number of hydrogen-bond acceptors (Lipinski definition) is 4. The van der Waals surface area contributed by atoms with Crippen LogP contribution in [0.2, 0.25) is 0 Å². The van der Waals surface area contributed by atoms with Gasteiger partial charge in [-0.05, 0) is 18.7 Å². The molecule has 0 bridgehead atoms. The maximum atomic E-state index is 13.7. The van der Waals surface area contributed by atoms with E-state index in [0.29, 0.717) is 22.8 Å². The Morgan fingerprint density at radius 3 is 2.00 bits per heavy atom. The number of alkyl halides is 6. The Bertz CT molecular complexity index is 866. The molecule has 2 aromatic carbocycles. The smallest absolute Gasteiger partial charge is 0.405 e. The van der Waals surface area contributed by atoms with Crippen LogP contribution in [0.3, 0.4) is 0 Å². The van der Waals surface area contributed by atoms with Gasteiger partial charge in [0.15, 0.2) is 0 Å². The largest absolute Gasteiger partial charge is 0.496 e. The minimum atomic E-state index is -4.81. The molecule has 0 aromatic heterocycles. The summed E-state index contributed by atoms with van der Waals surface area (Å²) < 4.78 is 87.8. The Kier molecular flexibility index (Phi) is 7.92. The average Bonchev–Trinajstić information content (AvgIpc) is 2.76. The fraction of sp³-hybridized carbons (Fsp3) is 0.478. The first-order chi connectivity index (χ1) is 15.5. The molecular weight excluding hydrogens is 448 g/mol. The van der Waals surface area contributed by atoms with Crippen LogP contribution in [0.15, 0.2) is 54.6 Å². The Balaban J connectivity index is 1.93. The van der Waals surface area contributed by atoms with Crippen molar-refractivity contribution in [3.05, 3.63) is 65.7 Å². The van der Waals surface area contributed by atoms with Crippen molar-refractivity contribution in [1.29, 1.82) is 0 Å². The first kappa shape index (κ1) is 25.3. The number of piperazine rings is 1. The van der Waals surface area contributed by atoms with Crippen LogP contribution in [0.1, 0.15) is 17.2 Å². The van der Waals surface area contributed by atoms with E-state index in [4.69, 9.17) is 4.74 Å². The summed E-state index contributed by atoms with van der Waals surface area (Å²) in [6.45, 7) is -0.593. The van der Waals surface area contributed by atoms with Gasteiger partial charge in [0.25, 0.3) is 0 Å². The molecule has 182 valence electrons. The number of para-hydroxylation sites is 1. The number of benzene rings is 2. The summed E-state index contributed by atoms with van der Waals surface area (Å²) in [7, 11) is 2.31. The number of hydrogen-bond donors (Lipinski definition) is 1. The van der Waals surface area contributed by atoms with Gasteiger partial charge >= 0.3 is 12.4 Å². The molecule has 0 amide bonds. The highest BCUT2D eigenvalue weighted by atomic mass is 19.4. The maximum absolute atomic E-state index is 13.7. The summed E-state index contributed by atoms with van der Waals surface area (Å²) in [4.78, 5) is 1.67. The second kappa shape index (κ2) is 10.3. The van der Waals surface area contributed by atoms with Gasteiger partial charge in [0.2, 0.25) is 0 Å². The lowest BCUT2D eigenvalue weighted by Crippen LogP contribution is -2.66. The quantitative estimate of drug-likeness (QED) is 0.591. The van der Waals surface area contributed by atoms with E-state index in [-0.39, 0.29) is 6.54 Å². The van der Waals surface area contributed by atoms with Gasteiger partial charge in [-0.25, -0.2) is 0 Å². The van der Waals surface area contributed by atoms with Crippen molar-refractivity contribution in [3.8, 4) is 5.75 Å². The average molecular weight is 475 g/mol. The third-order valence-electron chi connectivity index (χ3n) is 6.00. The minimum Gasteiger partial charge on any atom is -0.496 e. The van der Waals surface area contributed by atoms with Gasteiger partial charge in [0.1, 0.15) is 17.8 Å². The van der Waals surface area contributed by atoms with E-state index in [2.05, 4.69) is 5.32 Å². The molecule has 1 aliphatic heterocycles. The molecule has 0 spiro atoms. The maximum Gasteiger partial charge on any atom is 0.405 e. The topological polar surface area (TPSA) is 27.7 Å². The highest BCUT2D eigenvalue weighted by Gasteiger charge is 2.55. The molecule has 3 atom stereocenters. The lowest BCUT2D eigenvalue weighted by Gasteiger charge is -2.48. The van der Waals surface area contributed by atoms with Crippen LogP contribution in [0, 0.1) is 0 Å². The molecule has 2 aromatic rings. The highest BCUT2D eigenvalue weighted by molar-refractivity contribution is 5.36. The molecule has 1 N–H and O–H groups in total. The fourth-order valence-electron chi connectivity index (χ4n) is 4.24. The Morgan fingerprint density at radius 1 is 0.909 bits per heavy atom. The van der Waals surface area contributed by atoms with E-state index in [0.717, 1.165) is 12.6 Å². The zero-order valence-corrected chi connectivity index (χ0v) is 18.3. The van der Waals surface area contributed by atoms with Gasteiger partial charge in [-0.1, -0.05) is 48.5 Å². The van der Waals surface area contributed by atoms with E-state index < -0.39 is 43.6 Å². The Morgan fingerprint density at radius 2 is 1.45 bits per heavy atom. The number of nitrogens with one attached hydrogen (secondary N) is 1. The van der Waals surface area contributed by atoms with Crippen molar-refractivity contribution in [2.45, 2.75) is 37.0 Å². The van der Waals surface area contributed by atoms with E-state index >= 15 is 0 Å². The normalized spacial score (nSPS) is 21.7.